The van der Waals surface area contributed by atoms with Crippen molar-refractivity contribution in [2.75, 3.05) is 16.8 Å². The summed E-state index contributed by atoms with van der Waals surface area (Å²) in [6.45, 7) is 6.78. The molecule has 3 heterocycles. The standard InChI is InChI=1S/C17H23N6O/c1-10(2)14-8-15(22-21-14)19-16-12-4-3-5-13(12)18-17(20-16)23-7-6-11(24)9-23/h7-8,10-11,24H,3-6,9H2,1-2H3,(H2,18,19,20,21,22)/t11-/m0/s1. The Kier molecular flexibility index (Phi) is 3.88. The Labute approximate surface area is 141 Å². The van der Waals surface area contributed by atoms with Crippen LogP contribution in [0.25, 0.3) is 0 Å². The smallest absolute Gasteiger partial charge is 0.227 e. The minimum absolute atomic E-state index is 0.335. The fraction of sp³-hybridized carbons (Fsp3) is 0.529. The Morgan fingerprint density at radius 1 is 1.33 bits per heavy atom. The van der Waals surface area contributed by atoms with E-state index in [0.717, 1.165) is 42.3 Å². The van der Waals surface area contributed by atoms with Crippen molar-refractivity contribution in [2.45, 2.75) is 51.6 Å². The predicted octanol–water partition coefficient (Wildman–Crippen LogP) is 2.29. The van der Waals surface area contributed by atoms with Gasteiger partial charge in [-0.25, -0.2) is 4.98 Å². The number of nitrogens with zero attached hydrogens (tertiary/aromatic N) is 4. The monoisotopic (exact) mass is 327 g/mol. The van der Waals surface area contributed by atoms with E-state index in [0.29, 0.717) is 24.8 Å². The number of fused-ring (bicyclic) bond motifs is 1. The van der Waals surface area contributed by atoms with Crippen molar-refractivity contribution < 1.29 is 5.11 Å². The maximum Gasteiger partial charge on any atom is 0.227 e. The Hall–Kier alpha value is -2.15. The van der Waals surface area contributed by atoms with Crippen LogP contribution in [0.5, 0.6) is 0 Å². The topological polar surface area (TPSA) is 90.0 Å². The van der Waals surface area contributed by atoms with Crippen LogP contribution in [0.4, 0.5) is 17.6 Å². The summed E-state index contributed by atoms with van der Waals surface area (Å²) in [6.07, 6.45) is 3.39. The molecule has 127 valence electrons. The molecule has 7 nitrogen and oxygen atoms in total. The van der Waals surface area contributed by atoms with Gasteiger partial charge in [-0.1, -0.05) is 13.8 Å². The van der Waals surface area contributed by atoms with Gasteiger partial charge < -0.3 is 15.3 Å². The first kappa shape index (κ1) is 15.4. The van der Waals surface area contributed by atoms with Crippen molar-refractivity contribution in [2.24, 2.45) is 0 Å². The van der Waals surface area contributed by atoms with Crippen molar-refractivity contribution >= 4 is 17.6 Å². The van der Waals surface area contributed by atoms with Crippen molar-refractivity contribution in [1.29, 1.82) is 0 Å². The van der Waals surface area contributed by atoms with Crippen LogP contribution < -0.4 is 10.2 Å². The van der Waals surface area contributed by atoms with E-state index < -0.39 is 0 Å². The number of aromatic nitrogens is 4. The highest BCUT2D eigenvalue weighted by Crippen LogP contribution is 2.32. The molecule has 2 aromatic heterocycles. The molecule has 4 rings (SSSR count). The number of aryl methyl sites for hydroxylation is 1. The molecule has 1 saturated heterocycles. The van der Waals surface area contributed by atoms with Gasteiger partial charge >= 0.3 is 0 Å². The summed E-state index contributed by atoms with van der Waals surface area (Å²) < 4.78 is 0. The zero-order valence-electron chi connectivity index (χ0n) is 14.1. The summed E-state index contributed by atoms with van der Waals surface area (Å²) >= 11 is 0. The number of H-pyrrole nitrogens is 1. The predicted molar refractivity (Wildman–Crippen MR) is 92.3 cm³/mol. The van der Waals surface area contributed by atoms with Crippen LogP contribution in [-0.4, -0.2) is 37.9 Å². The van der Waals surface area contributed by atoms with Gasteiger partial charge in [0.25, 0.3) is 0 Å². The van der Waals surface area contributed by atoms with Crippen molar-refractivity contribution in [1.82, 2.24) is 20.2 Å². The number of aromatic amines is 1. The molecule has 0 spiro atoms. The molecule has 2 aromatic rings. The van der Waals surface area contributed by atoms with Gasteiger partial charge in [-0.05, 0) is 31.6 Å². The minimum atomic E-state index is -0.335. The molecule has 0 aromatic carbocycles. The Balaban J connectivity index is 1.64. The van der Waals surface area contributed by atoms with E-state index >= 15 is 0 Å². The van der Waals surface area contributed by atoms with E-state index in [-0.39, 0.29) is 6.10 Å². The molecule has 0 unspecified atom stereocenters. The Bertz CT molecular complexity index is 741. The molecule has 7 heteroatoms. The lowest BCUT2D eigenvalue weighted by Gasteiger charge is -2.18. The third-order valence-electron chi connectivity index (χ3n) is 4.65. The van der Waals surface area contributed by atoms with Crippen LogP contribution in [0.15, 0.2) is 6.07 Å². The van der Waals surface area contributed by atoms with Crippen LogP contribution >= 0.6 is 0 Å². The molecule has 1 radical (unpaired) electrons. The normalized spacial score (nSPS) is 20.0. The zero-order valence-corrected chi connectivity index (χ0v) is 14.1. The minimum Gasteiger partial charge on any atom is -0.391 e. The van der Waals surface area contributed by atoms with E-state index in [1.165, 1.54) is 5.56 Å². The second-order valence-electron chi connectivity index (χ2n) is 6.86. The van der Waals surface area contributed by atoms with E-state index in [1.54, 1.807) is 0 Å². The summed E-state index contributed by atoms with van der Waals surface area (Å²) in [5.74, 6) is 2.68. The second kappa shape index (κ2) is 6.05. The average molecular weight is 327 g/mol. The zero-order chi connectivity index (χ0) is 16.7. The maximum atomic E-state index is 9.76. The van der Waals surface area contributed by atoms with Gasteiger partial charge in [0.15, 0.2) is 5.82 Å². The highest BCUT2D eigenvalue weighted by Gasteiger charge is 2.26. The Morgan fingerprint density at radius 3 is 2.92 bits per heavy atom. The largest absolute Gasteiger partial charge is 0.391 e. The van der Waals surface area contributed by atoms with E-state index in [9.17, 15) is 5.11 Å². The number of anilines is 3. The first-order valence-electron chi connectivity index (χ1n) is 8.60. The molecule has 1 fully saturated rings. The molecule has 0 amide bonds. The molecule has 3 N–H and O–H groups in total. The SMILES string of the molecule is CC(C)c1cc(Nc2nc(N3[CH]C[C@H](O)C3)nc3c2CCC3)n[nH]1. The van der Waals surface area contributed by atoms with Gasteiger partial charge in [-0.3, -0.25) is 5.10 Å². The first-order valence-corrected chi connectivity index (χ1v) is 8.60. The fourth-order valence-electron chi connectivity index (χ4n) is 3.26. The van der Waals surface area contributed by atoms with Crippen LogP contribution in [-0.2, 0) is 12.8 Å². The van der Waals surface area contributed by atoms with Crippen LogP contribution in [0, 0.1) is 6.54 Å². The highest BCUT2D eigenvalue weighted by molar-refractivity contribution is 5.61. The van der Waals surface area contributed by atoms with Gasteiger partial charge in [-0.2, -0.15) is 10.1 Å². The van der Waals surface area contributed by atoms with Crippen LogP contribution in [0.1, 0.15) is 49.6 Å². The Morgan fingerprint density at radius 2 is 2.21 bits per heavy atom. The van der Waals surface area contributed by atoms with Gasteiger partial charge in [0.1, 0.15) is 5.82 Å². The van der Waals surface area contributed by atoms with Crippen LogP contribution in [0.2, 0.25) is 0 Å². The number of nitrogens with one attached hydrogen (secondary N) is 2. The van der Waals surface area contributed by atoms with Crippen molar-refractivity contribution in [3.63, 3.8) is 0 Å². The summed E-state index contributed by atoms with van der Waals surface area (Å²) in [5.41, 5.74) is 3.39. The average Bonchev–Trinajstić information content (AvgIpc) is 3.26. The maximum absolute atomic E-state index is 9.76. The summed E-state index contributed by atoms with van der Waals surface area (Å²) in [4.78, 5) is 11.4. The van der Waals surface area contributed by atoms with Gasteiger partial charge in [0, 0.05) is 23.9 Å². The molecule has 2 aliphatic rings. The molecule has 0 bridgehead atoms. The lowest BCUT2D eigenvalue weighted by molar-refractivity contribution is 0.200. The number of hydrogen-bond acceptors (Lipinski definition) is 6. The first-order chi connectivity index (χ1) is 11.6. The number of rotatable bonds is 4. The van der Waals surface area contributed by atoms with E-state index in [2.05, 4.69) is 29.4 Å². The number of β-amino-alcohol motifs (C(OH)–C–C–N with tert-alkyl or cyclic N) is 1. The molecular formula is C17H23N6O. The molecule has 1 aliphatic heterocycles. The number of aliphatic hydroxyl groups excluding tert-OH is 1. The van der Waals surface area contributed by atoms with Gasteiger partial charge in [0.2, 0.25) is 5.95 Å². The second-order valence-corrected chi connectivity index (χ2v) is 6.86. The number of hydrogen-bond donors (Lipinski definition) is 3. The summed E-state index contributed by atoms with van der Waals surface area (Å²) in [6, 6.07) is 2.03. The van der Waals surface area contributed by atoms with Crippen molar-refractivity contribution in [3.8, 4) is 0 Å². The third kappa shape index (κ3) is 2.84. The van der Waals surface area contributed by atoms with E-state index in [1.807, 2.05) is 17.5 Å². The molecule has 24 heavy (non-hydrogen) atoms. The fourth-order valence-corrected chi connectivity index (χ4v) is 3.26. The lowest BCUT2D eigenvalue weighted by atomic mass is 10.1. The number of aliphatic hydroxyl groups is 1. The van der Waals surface area contributed by atoms with E-state index in [4.69, 9.17) is 9.97 Å². The summed E-state index contributed by atoms with van der Waals surface area (Å²) in [5, 5.41) is 20.5. The molecular weight excluding hydrogens is 304 g/mol. The highest BCUT2D eigenvalue weighted by atomic mass is 16.3. The summed E-state index contributed by atoms with van der Waals surface area (Å²) in [7, 11) is 0. The third-order valence-corrected chi connectivity index (χ3v) is 4.65. The van der Waals surface area contributed by atoms with Crippen molar-refractivity contribution in [3.05, 3.63) is 29.6 Å². The molecule has 0 saturated carbocycles. The van der Waals surface area contributed by atoms with Crippen LogP contribution in [0.3, 0.4) is 0 Å². The lowest BCUT2D eigenvalue weighted by Crippen LogP contribution is -2.22. The van der Waals surface area contributed by atoms with Gasteiger partial charge in [-0.15, -0.1) is 0 Å². The van der Waals surface area contributed by atoms with Gasteiger partial charge in [0.05, 0.1) is 18.3 Å². The molecule has 1 aliphatic carbocycles. The quantitative estimate of drug-likeness (QED) is 0.798. The molecule has 1 atom stereocenters.